The van der Waals surface area contributed by atoms with Crippen molar-refractivity contribution in [2.45, 2.75) is 38.6 Å². The molecule has 2 aromatic carbocycles. The molecule has 3 aromatic rings. The lowest BCUT2D eigenvalue weighted by Crippen LogP contribution is -2.57. The van der Waals surface area contributed by atoms with E-state index in [1.54, 1.807) is 13.4 Å². The highest BCUT2D eigenvalue weighted by Gasteiger charge is 2.54. The molecule has 1 saturated heterocycles. The van der Waals surface area contributed by atoms with Gasteiger partial charge in [-0.25, -0.2) is 9.37 Å². The molecule has 1 aromatic heterocycles. The van der Waals surface area contributed by atoms with Crippen molar-refractivity contribution in [1.29, 1.82) is 0 Å². The summed E-state index contributed by atoms with van der Waals surface area (Å²) < 4.78 is 21.4. The van der Waals surface area contributed by atoms with Crippen molar-refractivity contribution in [2.75, 3.05) is 20.3 Å². The third-order valence-electron chi connectivity index (χ3n) is 7.65. The zero-order valence-corrected chi connectivity index (χ0v) is 20.3. The Labute approximate surface area is 204 Å². The number of imidazole rings is 1. The van der Waals surface area contributed by atoms with E-state index >= 15 is 0 Å². The Balaban J connectivity index is 1.38. The minimum Gasteiger partial charge on any atom is -0.495 e. The summed E-state index contributed by atoms with van der Waals surface area (Å²) in [6.07, 6.45) is 9.36. The first kappa shape index (κ1) is 21.9. The number of piperidine rings is 1. The summed E-state index contributed by atoms with van der Waals surface area (Å²) in [6.45, 7) is 5.50. The van der Waals surface area contributed by atoms with Crippen LogP contribution in [-0.4, -0.2) is 40.5 Å². The monoisotopic (exact) mass is 472 g/mol. The number of rotatable bonds is 4. The van der Waals surface area contributed by atoms with Crippen LogP contribution >= 0.6 is 0 Å². The molecule has 7 heteroatoms. The Morgan fingerprint density at radius 3 is 2.63 bits per heavy atom. The summed E-state index contributed by atoms with van der Waals surface area (Å²) in [5.41, 5.74) is 4.99. The molecule has 180 valence electrons. The van der Waals surface area contributed by atoms with E-state index in [0.717, 1.165) is 52.6 Å². The number of nitrogens with zero attached hydrogens (tertiary/aromatic N) is 4. The smallest absolute Gasteiger partial charge is 0.172 e. The number of aryl methyl sites for hydroxylation is 1. The van der Waals surface area contributed by atoms with Crippen molar-refractivity contribution in [3.8, 4) is 11.4 Å². The predicted octanol–water partition coefficient (Wildman–Crippen LogP) is 5.46. The second-order valence-electron chi connectivity index (χ2n) is 10.3. The molecule has 3 aliphatic rings. The molecule has 2 fully saturated rings. The number of ether oxygens (including phenoxy) is 1. The van der Waals surface area contributed by atoms with E-state index in [0.29, 0.717) is 6.61 Å². The van der Waals surface area contributed by atoms with Crippen LogP contribution in [0.5, 0.6) is 5.75 Å². The van der Waals surface area contributed by atoms with Gasteiger partial charge in [-0.3, -0.25) is 0 Å². The number of benzene rings is 2. The van der Waals surface area contributed by atoms with Crippen molar-refractivity contribution in [1.82, 2.24) is 14.5 Å². The van der Waals surface area contributed by atoms with Crippen LogP contribution in [0.15, 0.2) is 65.7 Å². The van der Waals surface area contributed by atoms with E-state index in [1.165, 1.54) is 25.0 Å². The van der Waals surface area contributed by atoms with Crippen LogP contribution in [0.1, 0.15) is 43.0 Å². The van der Waals surface area contributed by atoms with E-state index in [4.69, 9.17) is 9.57 Å². The van der Waals surface area contributed by atoms with Gasteiger partial charge in [0, 0.05) is 12.7 Å². The first-order valence-electron chi connectivity index (χ1n) is 12.0. The fraction of sp³-hybridized carbons (Fsp3) is 0.357. The van der Waals surface area contributed by atoms with Gasteiger partial charge in [0.2, 0.25) is 0 Å². The lowest BCUT2D eigenvalue weighted by atomic mass is 9.82. The summed E-state index contributed by atoms with van der Waals surface area (Å²) in [5, 5.41) is 4.53. The summed E-state index contributed by atoms with van der Waals surface area (Å²) in [6, 6.07) is 13.0. The van der Waals surface area contributed by atoms with Gasteiger partial charge in [0.05, 0.1) is 24.8 Å². The first-order chi connectivity index (χ1) is 16.9. The molecule has 0 radical (unpaired) electrons. The Kier molecular flexibility index (Phi) is 4.99. The van der Waals surface area contributed by atoms with Gasteiger partial charge in [-0.05, 0) is 85.6 Å². The van der Waals surface area contributed by atoms with Crippen LogP contribution in [-0.2, 0) is 10.4 Å². The molecule has 0 amide bonds. The lowest BCUT2D eigenvalue weighted by Gasteiger charge is -2.50. The summed E-state index contributed by atoms with van der Waals surface area (Å²) in [5.74, 6) is 1.42. The molecule has 1 aliphatic carbocycles. The molecule has 6 nitrogen and oxygen atoms in total. The number of aromatic nitrogens is 2. The topological polar surface area (TPSA) is 51.9 Å². The van der Waals surface area contributed by atoms with Crippen LogP contribution in [0.3, 0.4) is 0 Å². The molecule has 6 rings (SSSR count). The van der Waals surface area contributed by atoms with Gasteiger partial charge in [-0.1, -0.05) is 23.4 Å². The standard InChI is InChI=1S/C28H29FN4O2/c1-19-15-32(18-30-19)24-9-4-20(13-25(24)34-3)12-21-14-28(10-11-28)16-33-26(21)31-35-17-27(33,2)22-5-7-23(29)8-6-22/h4-9,12-13,15,18H,10-11,14,16-17H2,1-3H3/b21-12+. The molecular formula is C28H29FN4O2. The van der Waals surface area contributed by atoms with Gasteiger partial charge in [-0.15, -0.1) is 0 Å². The number of methoxy groups -OCH3 is 1. The highest BCUT2D eigenvalue weighted by Crippen LogP contribution is 2.56. The fourth-order valence-electron chi connectivity index (χ4n) is 5.36. The Bertz CT molecular complexity index is 1340. The molecule has 35 heavy (non-hydrogen) atoms. The Morgan fingerprint density at radius 2 is 1.94 bits per heavy atom. The molecule has 3 heterocycles. The second-order valence-corrected chi connectivity index (χ2v) is 10.3. The van der Waals surface area contributed by atoms with Crippen LogP contribution in [0.4, 0.5) is 4.39 Å². The van der Waals surface area contributed by atoms with Crippen molar-refractivity contribution >= 4 is 11.9 Å². The number of hydrogen-bond donors (Lipinski definition) is 0. The fourth-order valence-corrected chi connectivity index (χ4v) is 5.36. The van der Waals surface area contributed by atoms with Crippen molar-refractivity contribution in [2.24, 2.45) is 10.6 Å². The largest absolute Gasteiger partial charge is 0.495 e. The summed E-state index contributed by atoms with van der Waals surface area (Å²) in [7, 11) is 1.69. The third-order valence-corrected chi connectivity index (χ3v) is 7.65. The normalized spacial score (nSPS) is 23.6. The quantitative estimate of drug-likeness (QED) is 0.506. The number of amidine groups is 1. The van der Waals surface area contributed by atoms with Gasteiger partial charge in [0.15, 0.2) is 5.84 Å². The van der Waals surface area contributed by atoms with Gasteiger partial charge in [0.1, 0.15) is 23.7 Å². The average Bonchev–Trinajstić information content (AvgIpc) is 3.46. The van der Waals surface area contributed by atoms with Crippen LogP contribution in [0, 0.1) is 18.2 Å². The number of hydrogen-bond acceptors (Lipinski definition) is 5. The number of halogens is 1. The highest BCUT2D eigenvalue weighted by atomic mass is 19.1. The third kappa shape index (κ3) is 3.79. The van der Waals surface area contributed by atoms with Crippen LogP contribution in [0.25, 0.3) is 11.8 Å². The predicted molar refractivity (Wildman–Crippen MR) is 133 cm³/mol. The maximum absolute atomic E-state index is 13.7. The first-order valence-corrected chi connectivity index (χ1v) is 12.0. The zero-order valence-electron chi connectivity index (χ0n) is 20.3. The van der Waals surface area contributed by atoms with E-state index in [9.17, 15) is 4.39 Å². The number of oxime groups is 1. The second kappa shape index (κ2) is 7.97. The molecular weight excluding hydrogens is 443 g/mol. The molecule has 1 saturated carbocycles. The Morgan fingerprint density at radius 1 is 1.14 bits per heavy atom. The SMILES string of the molecule is COc1cc(/C=C2\CC3(CC3)CN3C2=NOCC3(C)c2ccc(F)cc2)ccc1-n1cnc(C)c1. The maximum Gasteiger partial charge on any atom is 0.172 e. The Hall–Kier alpha value is -3.61. The molecule has 2 aliphatic heterocycles. The van der Waals surface area contributed by atoms with Gasteiger partial charge >= 0.3 is 0 Å². The van der Waals surface area contributed by atoms with Crippen LogP contribution < -0.4 is 4.74 Å². The molecule has 0 bridgehead atoms. The molecule has 0 N–H and O–H groups in total. The maximum atomic E-state index is 13.7. The van der Waals surface area contributed by atoms with Crippen molar-refractivity contribution < 1.29 is 14.0 Å². The van der Waals surface area contributed by atoms with Crippen molar-refractivity contribution in [3.63, 3.8) is 0 Å². The number of fused-ring (bicyclic) bond motifs is 1. The van der Waals surface area contributed by atoms with E-state index in [2.05, 4.69) is 46.2 Å². The minimum atomic E-state index is -0.416. The highest BCUT2D eigenvalue weighted by molar-refractivity contribution is 6.03. The molecule has 1 unspecified atom stereocenters. The summed E-state index contributed by atoms with van der Waals surface area (Å²) in [4.78, 5) is 12.5. The van der Waals surface area contributed by atoms with E-state index < -0.39 is 5.54 Å². The van der Waals surface area contributed by atoms with Gasteiger partial charge in [0.25, 0.3) is 0 Å². The zero-order chi connectivity index (χ0) is 24.2. The van der Waals surface area contributed by atoms with Gasteiger partial charge in [-0.2, -0.15) is 0 Å². The average molecular weight is 473 g/mol. The minimum absolute atomic E-state index is 0.232. The van der Waals surface area contributed by atoms with Crippen molar-refractivity contribution in [3.05, 3.63) is 83.2 Å². The van der Waals surface area contributed by atoms with Gasteiger partial charge < -0.3 is 19.0 Å². The van der Waals surface area contributed by atoms with Crippen LogP contribution in [0.2, 0.25) is 0 Å². The summed E-state index contributed by atoms with van der Waals surface area (Å²) >= 11 is 0. The van der Waals surface area contributed by atoms with E-state index in [-0.39, 0.29) is 11.2 Å². The molecule has 1 atom stereocenters. The lowest BCUT2D eigenvalue weighted by molar-refractivity contribution is -0.00674. The van der Waals surface area contributed by atoms with E-state index in [1.807, 2.05) is 29.8 Å². The molecule has 1 spiro atoms.